The minimum absolute atomic E-state index is 0.0136. The number of ether oxygens (including phenoxy) is 4. The van der Waals surface area contributed by atoms with Crippen LogP contribution in [0.2, 0.25) is 0 Å². The number of H-pyrrole nitrogens is 1. The van der Waals surface area contributed by atoms with Gasteiger partial charge in [0, 0.05) is 41.1 Å². The molecule has 2 aliphatic heterocycles. The van der Waals surface area contributed by atoms with Gasteiger partial charge in [-0.25, -0.2) is 4.79 Å². The first-order valence-corrected chi connectivity index (χ1v) is 16.4. The number of aromatic amines is 1. The van der Waals surface area contributed by atoms with Gasteiger partial charge < -0.3 is 39.3 Å². The molecule has 6 rings (SSSR count). The highest BCUT2D eigenvalue weighted by Crippen LogP contribution is 2.56. The number of aliphatic hydroxyl groups is 3. The summed E-state index contributed by atoms with van der Waals surface area (Å²) < 4.78 is 24.2. The third-order valence-corrected chi connectivity index (χ3v) is 9.39. The van der Waals surface area contributed by atoms with E-state index in [9.17, 15) is 29.7 Å². The van der Waals surface area contributed by atoms with Gasteiger partial charge in [0.15, 0.2) is 6.29 Å². The highest BCUT2D eigenvalue weighted by molar-refractivity contribution is 6.11. The minimum Gasteiger partial charge on any atom is -0.492 e. The van der Waals surface area contributed by atoms with Crippen LogP contribution in [0.1, 0.15) is 75.1 Å². The molecule has 3 atom stereocenters. The van der Waals surface area contributed by atoms with Crippen molar-refractivity contribution in [3.8, 4) is 17.2 Å². The maximum Gasteiger partial charge on any atom is 0.375 e. The van der Waals surface area contributed by atoms with Crippen molar-refractivity contribution in [1.82, 2.24) is 4.98 Å². The average molecular weight is 660 g/mol. The number of carbonyl (C=O) groups is 3. The minimum atomic E-state index is -1.26. The van der Waals surface area contributed by atoms with Gasteiger partial charge in [-0.1, -0.05) is 18.6 Å². The fraction of sp³-hybridized carbons (Fsp3) is 0.432. The van der Waals surface area contributed by atoms with Crippen molar-refractivity contribution >= 4 is 34.5 Å². The van der Waals surface area contributed by atoms with E-state index < -0.39 is 42.7 Å². The van der Waals surface area contributed by atoms with Gasteiger partial charge in [0.1, 0.15) is 29.1 Å². The molecule has 4 N–H and O–H groups in total. The molecule has 0 unspecified atom stereocenters. The van der Waals surface area contributed by atoms with E-state index in [-0.39, 0.29) is 66.7 Å². The fourth-order valence-corrected chi connectivity index (χ4v) is 7.01. The molecule has 1 saturated carbocycles. The van der Waals surface area contributed by atoms with Crippen LogP contribution in [0, 0.1) is 5.92 Å². The number of hydrogen-bond acceptors (Lipinski definition) is 10. The summed E-state index contributed by atoms with van der Waals surface area (Å²) >= 11 is 0. The maximum absolute atomic E-state index is 13.8. The molecule has 1 aliphatic carbocycles. The Morgan fingerprint density at radius 3 is 2.58 bits per heavy atom. The number of carbonyl (C=O) groups excluding carboxylic acids is 3. The first kappa shape index (κ1) is 33.5. The zero-order valence-electron chi connectivity index (χ0n) is 27.6. The summed E-state index contributed by atoms with van der Waals surface area (Å²) in [6.45, 7) is 6.16. The standard InChI is InChI=1S/C37H41NO10/c1-5-11-46-33-24-15-28(37(3,4)44)47-32(24)26(18-41)34-30(33)29(25(17-40)35(48-34)36(43)45-6-2)21-13-22(16-39)31(42)23(14-21)19-7-8-27-20(12-19)9-10-38-27/h7-10,12,17,22-23,28,38-39,41,44H,5-6,11,13-16,18H2,1-4H3/b29-21+/t22-,23-,28+/m1/s1. The zero-order valence-corrected chi connectivity index (χ0v) is 27.6. The first-order valence-electron chi connectivity index (χ1n) is 16.4. The van der Waals surface area contributed by atoms with Gasteiger partial charge in [0.2, 0.25) is 5.76 Å². The number of fused-ring (bicyclic) bond motifs is 3. The molecule has 0 spiro atoms. The SMILES string of the molecule is CCCOc1c2c(c(CO)c3c1/C(=C1\C[C@H](CO)C(=O)[C@@H](c4ccc5[nH]ccc5c4)C1)C(C=O)=C(C(=O)OCC)O3)O[C@H](C(C)(C)O)C2. The molecule has 48 heavy (non-hydrogen) atoms. The second-order valence-corrected chi connectivity index (χ2v) is 13.0. The predicted octanol–water partition coefficient (Wildman–Crippen LogP) is 4.44. The van der Waals surface area contributed by atoms with Gasteiger partial charge in [-0.05, 0) is 69.2 Å². The molecule has 3 aliphatic rings. The summed E-state index contributed by atoms with van der Waals surface area (Å²) in [5, 5.41) is 33.1. The van der Waals surface area contributed by atoms with Crippen molar-refractivity contribution < 1.29 is 48.7 Å². The second-order valence-electron chi connectivity index (χ2n) is 13.0. The summed E-state index contributed by atoms with van der Waals surface area (Å²) in [6.07, 6.45) is 2.85. The van der Waals surface area contributed by atoms with Crippen molar-refractivity contribution in [2.75, 3.05) is 19.8 Å². The Hall–Kier alpha value is -4.45. The molecule has 11 heteroatoms. The topological polar surface area (TPSA) is 165 Å². The van der Waals surface area contributed by atoms with Crippen LogP contribution in [0.5, 0.6) is 17.2 Å². The molecule has 11 nitrogen and oxygen atoms in total. The van der Waals surface area contributed by atoms with Crippen LogP contribution in [0.4, 0.5) is 0 Å². The first-order chi connectivity index (χ1) is 23.1. The fourth-order valence-electron chi connectivity index (χ4n) is 7.01. The molecule has 3 heterocycles. The Morgan fingerprint density at radius 2 is 1.92 bits per heavy atom. The molecular weight excluding hydrogens is 618 g/mol. The number of ketones is 1. The third kappa shape index (κ3) is 5.69. The lowest BCUT2D eigenvalue weighted by Gasteiger charge is -2.34. The van der Waals surface area contributed by atoms with Gasteiger partial charge in [0.05, 0.1) is 48.7 Å². The quantitative estimate of drug-likeness (QED) is 0.181. The van der Waals surface area contributed by atoms with Crippen LogP contribution < -0.4 is 14.2 Å². The number of hydrogen-bond donors (Lipinski definition) is 4. The van der Waals surface area contributed by atoms with Crippen LogP contribution in [-0.2, 0) is 32.1 Å². The van der Waals surface area contributed by atoms with Gasteiger partial charge in [-0.3, -0.25) is 9.59 Å². The van der Waals surface area contributed by atoms with E-state index in [2.05, 4.69) is 4.98 Å². The number of aliphatic hydroxyl groups excluding tert-OH is 2. The summed E-state index contributed by atoms with van der Waals surface area (Å²) in [5.74, 6) is -2.11. The van der Waals surface area contributed by atoms with Gasteiger partial charge in [0.25, 0.3) is 0 Å². The molecule has 0 saturated heterocycles. The van der Waals surface area contributed by atoms with Gasteiger partial charge >= 0.3 is 5.97 Å². The van der Waals surface area contributed by atoms with Crippen LogP contribution >= 0.6 is 0 Å². The second kappa shape index (κ2) is 13.2. The molecule has 3 aromatic rings. The highest BCUT2D eigenvalue weighted by Gasteiger charge is 2.45. The number of Topliss-reactive ketones (excluding diaryl/α,β-unsaturated/α-hetero) is 1. The number of allylic oxidation sites excluding steroid dienone is 3. The lowest BCUT2D eigenvalue weighted by molar-refractivity contribution is -0.141. The lowest BCUT2D eigenvalue weighted by Crippen LogP contribution is -2.39. The van der Waals surface area contributed by atoms with E-state index in [1.54, 1.807) is 20.8 Å². The van der Waals surface area contributed by atoms with Crippen LogP contribution in [-0.4, -0.2) is 69.9 Å². The summed E-state index contributed by atoms with van der Waals surface area (Å²) in [5.41, 5.74) is 2.47. The van der Waals surface area contributed by atoms with Crippen LogP contribution in [0.3, 0.4) is 0 Å². The van der Waals surface area contributed by atoms with E-state index in [0.717, 1.165) is 16.5 Å². The predicted molar refractivity (Wildman–Crippen MR) is 176 cm³/mol. The normalized spacial score (nSPS) is 22.2. The molecule has 1 aromatic heterocycles. The van der Waals surface area contributed by atoms with Gasteiger partial charge in [-0.2, -0.15) is 0 Å². The Bertz CT molecular complexity index is 1840. The molecular formula is C37H41NO10. The zero-order chi connectivity index (χ0) is 34.3. The van der Waals surface area contributed by atoms with E-state index in [0.29, 0.717) is 40.7 Å². The van der Waals surface area contributed by atoms with Crippen molar-refractivity contribution in [3.63, 3.8) is 0 Å². The van der Waals surface area contributed by atoms with Gasteiger partial charge in [-0.15, -0.1) is 0 Å². The van der Waals surface area contributed by atoms with E-state index in [4.69, 9.17) is 18.9 Å². The summed E-state index contributed by atoms with van der Waals surface area (Å²) in [4.78, 5) is 43.5. The Morgan fingerprint density at radius 1 is 1.12 bits per heavy atom. The number of nitrogens with one attached hydrogen (secondary N) is 1. The number of rotatable bonds is 10. The smallest absolute Gasteiger partial charge is 0.375 e. The lowest BCUT2D eigenvalue weighted by atomic mass is 9.71. The number of aromatic nitrogens is 1. The third-order valence-electron chi connectivity index (χ3n) is 9.39. The van der Waals surface area contributed by atoms with Crippen LogP contribution in [0.25, 0.3) is 16.5 Å². The Kier molecular flexibility index (Phi) is 9.21. The highest BCUT2D eigenvalue weighted by atomic mass is 16.6. The van der Waals surface area contributed by atoms with Crippen molar-refractivity contribution in [2.24, 2.45) is 5.92 Å². The van der Waals surface area contributed by atoms with Crippen molar-refractivity contribution in [3.05, 3.63) is 69.6 Å². The van der Waals surface area contributed by atoms with Crippen LogP contribution in [0.15, 0.2) is 47.4 Å². The van der Waals surface area contributed by atoms with Crippen molar-refractivity contribution in [2.45, 2.75) is 77.6 Å². The molecule has 1 fully saturated rings. The average Bonchev–Trinajstić information content (AvgIpc) is 3.74. The largest absolute Gasteiger partial charge is 0.492 e. The van der Waals surface area contributed by atoms with E-state index in [1.165, 1.54) is 0 Å². The molecule has 0 amide bonds. The monoisotopic (exact) mass is 659 g/mol. The van der Waals surface area contributed by atoms with E-state index in [1.807, 2.05) is 37.4 Å². The maximum atomic E-state index is 13.8. The Balaban J connectivity index is 1.65. The molecule has 0 radical (unpaired) electrons. The Labute approximate surface area is 278 Å². The molecule has 2 aromatic carbocycles. The number of esters is 1. The van der Waals surface area contributed by atoms with E-state index >= 15 is 0 Å². The molecule has 254 valence electrons. The number of aldehydes is 1. The number of benzene rings is 2. The molecule has 0 bridgehead atoms. The summed E-state index contributed by atoms with van der Waals surface area (Å²) in [7, 11) is 0. The van der Waals surface area contributed by atoms with Crippen molar-refractivity contribution in [1.29, 1.82) is 0 Å². The summed E-state index contributed by atoms with van der Waals surface area (Å²) in [6, 6.07) is 7.64.